The zero-order valence-corrected chi connectivity index (χ0v) is 20.8. The van der Waals surface area contributed by atoms with Crippen LogP contribution in [0.25, 0.3) is 0 Å². The van der Waals surface area contributed by atoms with Gasteiger partial charge in [-0.05, 0) is 67.1 Å². The Labute approximate surface area is 201 Å². The average molecular weight is 488 g/mol. The van der Waals surface area contributed by atoms with Crippen molar-refractivity contribution in [2.24, 2.45) is 5.92 Å². The standard InChI is InChI=1S/C25H33N3O5S/c1-18(2)16-26-34(31,32)22-10-11-23(19(3)14-22)33-17-24(29)27-21-8-6-20(7-9-21)15-25(30)28-12-4-5-13-28/h6-11,14,18,26H,4-5,12-13,15-17H2,1-3H3,(H,27,29). The Morgan fingerprint density at radius 1 is 1.06 bits per heavy atom. The predicted molar refractivity (Wildman–Crippen MR) is 131 cm³/mol. The van der Waals surface area contributed by atoms with Crippen molar-refractivity contribution in [3.8, 4) is 5.75 Å². The SMILES string of the molecule is Cc1cc(S(=O)(=O)NCC(C)C)ccc1OCC(=O)Nc1ccc(CC(=O)N2CCCC2)cc1. The molecule has 1 aliphatic heterocycles. The Morgan fingerprint density at radius 2 is 1.74 bits per heavy atom. The average Bonchev–Trinajstić information content (AvgIpc) is 3.33. The Bertz CT molecular complexity index is 1110. The van der Waals surface area contributed by atoms with Crippen LogP contribution in [-0.4, -0.2) is 51.4 Å². The van der Waals surface area contributed by atoms with Crippen LogP contribution in [0.3, 0.4) is 0 Å². The molecule has 0 atom stereocenters. The molecule has 1 saturated heterocycles. The first kappa shape index (κ1) is 25.7. The van der Waals surface area contributed by atoms with E-state index in [4.69, 9.17) is 4.74 Å². The fourth-order valence-corrected chi connectivity index (χ4v) is 4.91. The molecule has 0 aliphatic carbocycles. The van der Waals surface area contributed by atoms with Gasteiger partial charge in [0.15, 0.2) is 6.61 Å². The summed E-state index contributed by atoms with van der Waals surface area (Å²) in [6.45, 7) is 7.40. The lowest BCUT2D eigenvalue weighted by Gasteiger charge is -2.15. The number of carbonyl (C=O) groups excluding carboxylic acids is 2. The van der Waals surface area contributed by atoms with E-state index in [1.165, 1.54) is 12.1 Å². The first-order valence-corrected chi connectivity index (χ1v) is 13.0. The molecule has 1 fully saturated rings. The maximum absolute atomic E-state index is 12.4. The molecule has 2 amide bonds. The number of sulfonamides is 1. The van der Waals surface area contributed by atoms with Crippen molar-refractivity contribution in [2.75, 3.05) is 31.6 Å². The summed E-state index contributed by atoms with van der Waals surface area (Å²) >= 11 is 0. The van der Waals surface area contributed by atoms with Crippen LogP contribution in [0.4, 0.5) is 5.69 Å². The maximum atomic E-state index is 12.4. The lowest BCUT2D eigenvalue weighted by molar-refractivity contribution is -0.129. The number of nitrogens with zero attached hydrogens (tertiary/aromatic N) is 1. The van der Waals surface area contributed by atoms with Gasteiger partial charge in [0, 0.05) is 25.3 Å². The number of benzene rings is 2. The van der Waals surface area contributed by atoms with E-state index >= 15 is 0 Å². The lowest BCUT2D eigenvalue weighted by Crippen LogP contribution is -2.29. The monoisotopic (exact) mass is 487 g/mol. The predicted octanol–water partition coefficient (Wildman–Crippen LogP) is 3.11. The smallest absolute Gasteiger partial charge is 0.262 e. The molecule has 34 heavy (non-hydrogen) atoms. The van der Waals surface area contributed by atoms with E-state index in [0.29, 0.717) is 30.0 Å². The Kier molecular flexibility index (Phi) is 8.68. The minimum Gasteiger partial charge on any atom is -0.483 e. The lowest BCUT2D eigenvalue weighted by atomic mass is 10.1. The molecule has 3 rings (SSSR count). The van der Waals surface area contributed by atoms with Gasteiger partial charge in [0.2, 0.25) is 15.9 Å². The molecular weight excluding hydrogens is 454 g/mol. The van der Waals surface area contributed by atoms with Crippen LogP contribution in [-0.2, 0) is 26.0 Å². The van der Waals surface area contributed by atoms with Gasteiger partial charge < -0.3 is 15.0 Å². The van der Waals surface area contributed by atoms with Gasteiger partial charge in [-0.25, -0.2) is 13.1 Å². The highest BCUT2D eigenvalue weighted by molar-refractivity contribution is 7.89. The van der Waals surface area contributed by atoms with E-state index in [1.54, 1.807) is 25.1 Å². The number of aryl methyl sites for hydroxylation is 1. The summed E-state index contributed by atoms with van der Waals surface area (Å²) in [4.78, 5) is 26.6. The third-order valence-corrected chi connectivity index (χ3v) is 6.97. The summed E-state index contributed by atoms with van der Waals surface area (Å²) in [7, 11) is -3.59. The minimum atomic E-state index is -3.59. The summed E-state index contributed by atoms with van der Waals surface area (Å²) in [6.07, 6.45) is 2.49. The van der Waals surface area contributed by atoms with E-state index < -0.39 is 10.0 Å². The molecule has 0 aromatic heterocycles. The largest absolute Gasteiger partial charge is 0.483 e. The Morgan fingerprint density at radius 3 is 2.35 bits per heavy atom. The summed E-state index contributed by atoms with van der Waals surface area (Å²) in [5.74, 6) is 0.433. The fraction of sp³-hybridized carbons (Fsp3) is 0.440. The number of ether oxygens (including phenoxy) is 1. The number of likely N-dealkylation sites (tertiary alicyclic amines) is 1. The van der Waals surface area contributed by atoms with Crippen LogP contribution in [0.5, 0.6) is 5.75 Å². The van der Waals surface area contributed by atoms with Gasteiger partial charge in [0.25, 0.3) is 5.91 Å². The molecule has 2 aromatic rings. The van der Waals surface area contributed by atoms with Gasteiger partial charge in [-0.15, -0.1) is 0 Å². The number of carbonyl (C=O) groups is 2. The highest BCUT2D eigenvalue weighted by Crippen LogP contribution is 2.22. The van der Waals surface area contributed by atoms with E-state index in [-0.39, 0.29) is 29.2 Å². The van der Waals surface area contributed by atoms with Crippen molar-refractivity contribution >= 4 is 27.5 Å². The van der Waals surface area contributed by atoms with Gasteiger partial charge in [-0.1, -0.05) is 26.0 Å². The van der Waals surface area contributed by atoms with Crippen LogP contribution >= 0.6 is 0 Å². The van der Waals surface area contributed by atoms with Gasteiger partial charge in [0.1, 0.15) is 5.75 Å². The molecule has 184 valence electrons. The molecule has 0 saturated carbocycles. The van der Waals surface area contributed by atoms with E-state index in [2.05, 4.69) is 10.0 Å². The second kappa shape index (κ2) is 11.5. The van der Waals surface area contributed by atoms with Crippen molar-refractivity contribution in [3.63, 3.8) is 0 Å². The maximum Gasteiger partial charge on any atom is 0.262 e. The Balaban J connectivity index is 1.50. The molecular formula is C25H33N3O5S. The second-order valence-corrected chi connectivity index (χ2v) is 10.7. The molecule has 0 radical (unpaired) electrons. The van der Waals surface area contributed by atoms with Crippen LogP contribution < -0.4 is 14.8 Å². The van der Waals surface area contributed by atoms with Crippen molar-refractivity contribution < 1.29 is 22.7 Å². The summed E-state index contributed by atoms with van der Waals surface area (Å²) in [6, 6.07) is 11.7. The molecule has 2 aromatic carbocycles. The van der Waals surface area contributed by atoms with Gasteiger partial charge in [-0.2, -0.15) is 0 Å². The number of anilines is 1. The van der Waals surface area contributed by atoms with E-state index in [0.717, 1.165) is 31.5 Å². The van der Waals surface area contributed by atoms with Crippen LogP contribution in [0.2, 0.25) is 0 Å². The number of hydrogen-bond acceptors (Lipinski definition) is 5. The van der Waals surface area contributed by atoms with Gasteiger partial charge in [-0.3, -0.25) is 9.59 Å². The van der Waals surface area contributed by atoms with Crippen molar-refractivity contribution in [3.05, 3.63) is 53.6 Å². The molecule has 2 N–H and O–H groups in total. The van der Waals surface area contributed by atoms with Crippen LogP contribution in [0.1, 0.15) is 37.8 Å². The second-order valence-electron chi connectivity index (χ2n) is 8.97. The summed E-state index contributed by atoms with van der Waals surface area (Å²) in [5, 5.41) is 2.77. The molecule has 8 nitrogen and oxygen atoms in total. The number of nitrogens with one attached hydrogen (secondary N) is 2. The highest BCUT2D eigenvalue weighted by atomic mass is 32.2. The highest BCUT2D eigenvalue weighted by Gasteiger charge is 2.18. The third-order valence-electron chi connectivity index (χ3n) is 5.55. The zero-order valence-electron chi connectivity index (χ0n) is 20.0. The fourth-order valence-electron chi connectivity index (χ4n) is 3.61. The van der Waals surface area contributed by atoms with Crippen molar-refractivity contribution in [2.45, 2.75) is 44.9 Å². The normalized spacial score (nSPS) is 13.8. The molecule has 0 unspecified atom stereocenters. The van der Waals surface area contributed by atoms with Crippen LogP contribution in [0.15, 0.2) is 47.4 Å². The minimum absolute atomic E-state index is 0.132. The molecule has 0 bridgehead atoms. The molecule has 1 heterocycles. The number of amides is 2. The third kappa shape index (κ3) is 7.30. The van der Waals surface area contributed by atoms with Gasteiger partial charge in [0.05, 0.1) is 11.3 Å². The van der Waals surface area contributed by atoms with Crippen LogP contribution in [0, 0.1) is 12.8 Å². The zero-order chi connectivity index (χ0) is 24.7. The molecule has 0 spiro atoms. The topological polar surface area (TPSA) is 105 Å². The Hall–Kier alpha value is -2.91. The summed E-state index contributed by atoms with van der Waals surface area (Å²) in [5.41, 5.74) is 2.13. The van der Waals surface area contributed by atoms with Crippen molar-refractivity contribution in [1.29, 1.82) is 0 Å². The number of rotatable bonds is 10. The van der Waals surface area contributed by atoms with Crippen molar-refractivity contribution in [1.82, 2.24) is 9.62 Å². The molecule has 9 heteroatoms. The summed E-state index contributed by atoms with van der Waals surface area (Å²) < 4.78 is 32.9. The van der Waals surface area contributed by atoms with E-state index in [1.807, 2.05) is 30.9 Å². The quantitative estimate of drug-likeness (QED) is 0.536. The van der Waals surface area contributed by atoms with Gasteiger partial charge >= 0.3 is 0 Å². The number of hydrogen-bond donors (Lipinski definition) is 2. The first-order valence-electron chi connectivity index (χ1n) is 11.5. The first-order chi connectivity index (χ1) is 16.1. The van der Waals surface area contributed by atoms with E-state index in [9.17, 15) is 18.0 Å². The molecule has 1 aliphatic rings.